The zero-order chi connectivity index (χ0) is 20.4. The number of hydrogen-bond acceptors (Lipinski definition) is 6. The predicted octanol–water partition coefficient (Wildman–Crippen LogP) is 3.26. The van der Waals surface area contributed by atoms with Crippen molar-refractivity contribution in [3.05, 3.63) is 52.6 Å². The summed E-state index contributed by atoms with van der Waals surface area (Å²) in [5.74, 6) is -0.0517. The lowest BCUT2D eigenvalue weighted by molar-refractivity contribution is -0.143. The van der Waals surface area contributed by atoms with E-state index in [1.165, 1.54) is 35.6 Å². The van der Waals surface area contributed by atoms with Gasteiger partial charge in [0, 0.05) is 24.2 Å². The second kappa shape index (κ2) is 8.04. The smallest absolute Gasteiger partial charge is 0.307 e. The molecule has 2 aromatic carbocycles. The number of aryl methyl sites for hydroxylation is 1. The van der Waals surface area contributed by atoms with Crippen molar-refractivity contribution in [1.82, 2.24) is 4.57 Å². The van der Waals surface area contributed by atoms with Crippen LogP contribution < -0.4 is 14.3 Å². The average molecular weight is 416 g/mol. The molecule has 0 saturated carbocycles. The van der Waals surface area contributed by atoms with E-state index in [4.69, 9.17) is 14.2 Å². The van der Waals surface area contributed by atoms with Crippen LogP contribution >= 0.6 is 11.3 Å². The third-order valence-electron chi connectivity index (χ3n) is 4.31. The molecule has 150 valence electrons. The number of halogens is 1. The summed E-state index contributed by atoms with van der Waals surface area (Å²) in [6, 6.07) is 8.82. The van der Waals surface area contributed by atoms with E-state index in [-0.39, 0.29) is 31.3 Å². The molecule has 0 aliphatic carbocycles. The van der Waals surface area contributed by atoms with Gasteiger partial charge in [-0.05, 0) is 31.2 Å². The summed E-state index contributed by atoms with van der Waals surface area (Å²) in [5.41, 5.74) is 1.05. The summed E-state index contributed by atoms with van der Waals surface area (Å²) in [6.45, 7) is 2.48. The maximum absolute atomic E-state index is 13.1. The van der Waals surface area contributed by atoms with Gasteiger partial charge in [-0.25, -0.2) is 4.39 Å². The van der Waals surface area contributed by atoms with Gasteiger partial charge in [0.15, 0.2) is 16.3 Å². The summed E-state index contributed by atoms with van der Waals surface area (Å²) in [4.78, 5) is 29.0. The molecule has 0 unspecified atom stereocenters. The maximum atomic E-state index is 13.1. The van der Waals surface area contributed by atoms with Crippen LogP contribution in [-0.2, 0) is 16.1 Å². The van der Waals surface area contributed by atoms with E-state index in [2.05, 4.69) is 4.99 Å². The molecule has 0 bridgehead atoms. The molecule has 7 nitrogen and oxygen atoms in total. The standard InChI is InChI=1S/C20H17FN2O5S/c1-2-26-18(24)7-8-23-14-9-15-16(28-11-27-15)10-17(14)29-20(23)22-19(25)12-3-5-13(21)6-4-12/h3-6,9-10H,2,7-8,11H2,1H3. The lowest BCUT2D eigenvalue weighted by Gasteiger charge is -2.06. The molecule has 4 rings (SSSR count). The van der Waals surface area contributed by atoms with Crippen LogP contribution in [0.5, 0.6) is 11.5 Å². The van der Waals surface area contributed by atoms with E-state index >= 15 is 0 Å². The van der Waals surface area contributed by atoms with Crippen LogP contribution in [-0.4, -0.2) is 29.8 Å². The van der Waals surface area contributed by atoms with Crippen molar-refractivity contribution in [1.29, 1.82) is 0 Å². The van der Waals surface area contributed by atoms with Gasteiger partial charge in [-0.2, -0.15) is 4.99 Å². The van der Waals surface area contributed by atoms with Gasteiger partial charge < -0.3 is 18.8 Å². The van der Waals surface area contributed by atoms with Crippen LogP contribution in [0.4, 0.5) is 4.39 Å². The van der Waals surface area contributed by atoms with Gasteiger partial charge in [-0.15, -0.1) is 0 Å². The summed E-state index contributed by atoms with van der Waals surface area (Å²) in [6.07, 6.45) is 0.131. The number of amides is 1. The Hall–Kier alpha value is -3.20. The van der Waals surface area contributed by atoms with Crippen LogP contribution in [0.25, 0.3) is 10.2 Å². The summed E-state index contributed by atoms with van der Waals surface area (Å²) in [5, 5.41) is 0. The summed E-state index contributed by atoms with van der Waals surface area (Å²) in [7, 11) is 0. The molecule has 0 saturated heterocycles. The molecule has 1 aliphatic heterocycles. The first-order valence-corrected chi connectivity index (χ1v) is 9.80. The van der Waals surface area contributed by atoms with E-state index in [9.17, 15) is 14.0 Å². The number of thiazole rings is 1. The molecular weight excluding hydrogens is 399 g/mol. The number of carbonyl (C=O) groups excluding carboxylic acids is 2. The normalized spacial score (nSPS) is 13.1. The monoisotopic (exact) mass is 416 g/mol. The number of benzene rings is 2. The van der Waals surface area contributed by atoms with Crippen LogP contribution in [0.3, 0.4) is 0 Å². The van der Waals surface area contributed by atoms with Crippen molar-refractivity contribution in [3.63, 3.8) is 0 Å². The Balaban J connectivity index is 1.76. The largest absolute Gasteiger partial charge is 0.466 e. The molecular formula is C20H17FN2O5S. The average Bonchev–Trinajstić information content (AvgIpc) is 3.28. The number of aromatic nitrogens is 1. The fourth-order valence-corrected chi connectivity index (χ4v) is 4.01. The molecule has 0 N–H and O–H groups in total. The van der Waals surface area contributed by atoms with E-state index in [1.54, 1.807) is 17.6 Å². The van der Waals surface area contributed by atoms with Gasteiger partial charge in [0.05, 0.1) is 23.2 Å². The first-order valence-electron chi connectivity index (χ1n) is 8.98. The molecule has 3 aromatic rings. The van der Waals surface area contributed by atoms with Crippen LogP contribution in [0.2, 0.25) is 0 Å². The maximum Gasteiger partial charge on any atom is 0.307 e. The molecule has 0 atom stereocenters. The van der Waals surface area contributed by atoms with Crippen LogP contribution in [0, 0.1) is 5.82 Å². The molecule has 0 fully saturated rings. The van der Waals surface area contributed by atoms with Crippen molar-refractivity contribution in [2.45, 2.75) is 19.9 Å². The van der Waals surface area contributed by atoms with Crippen LogP contribution in [0.15, 0.2) is 41.4 Å². The molecule has 1 aliphatic rings. The topological polar surface area (TPSA) is 79.1 Å². The Bertz CT molecular complexity index is 1150. The lowest BCUT2D eigenvalue weighted by atomic mass is 10.2. The minimum atomic E-state index is -0.499. The van der Waals surface area contributed by atoms with Gasteiger partial charge in [0.25, 0.3) is 5.91 Å². The van der Waals surface area contributed by atoms with Crippen LogP contribution in [0.1, 0.15) is 23.7 Å². The highest BCUT2D eigenvalue weighted by molar-refractivity contribution is 7.16. The Morgan fingerprint density at radius 3 is 2.66 bits per heavy atom. The minimum absolute atomic E-state index is 0.131. The summed E-state index contributed by atoms with van der Waals surface area (Å²) < 4.78 is 31.6. The highest BCUT2D eigenvalue weighted by Crippen LogP contribution is 2.37. The van der Waals surface area contributed by atoms with Gasteiger partial charge in [-0.3, -0.25) is 9.59 Å². The second-order valence-electron chi connectivity index (χ2n) is 6.19. The second-order valence-corrected chi connectivity index (χ2v) is 7.20. The molecule has 9 heteroatoms. The first kappa shape index (κ1) is 19.1. The number of ether oxygens (including phenoxy) is 3. The molecule has 2 heterocycles. The van der Waals surface area contributed by atoms with Crippen molar-refractivity contribution in [2.24, 2.45) is 4.99 Å². The Morgan fingerprint density at radius 2 is 1.93 bits per heavy atom. The predicted molar refractivity (Wildman–Crippen MR) is 103 cm³/mol. The fourth-order valence-electron chi connectivity index (χ4n) is 2.94. The number of fused-ring (bicyclic) bond motifs is 2. The fraction of sp³-hybridized carbons (Fsp3) is 0.250. The zero-order valence-electron chi connectivity index (χ0n) is 15.5. The van der Waals surface area contributed by atoms with Crippen molar-refractivity contribution in [3.8, 4) is 11.5 Å². The number of nitrogens with zero attached hydrogens (tertiary/aromatic N) is 2. The molecule has 1 amide bonds. The van der Waals surface area contributed by atoms with Gasteiger partial charge in [0.1, 0.15) is 5.82 Å². The third kappa shape index (κ3) is 4.00. The molecule has 1 aromatic heterocycles. The van der Waals surface area contributed by atoms with E-state index < -0.39 is 11.7 Å². The van der Waals surface area contributed by atoms with E-state index in [1.807, 2.05) is 6.07 Å². The number of carbonyl (C=O) groups is 2. The third-order valence-corrected chi connectivity index (χ3v) is 5.35. The SMILES string of the molecule is CCOC(=O)CCn1c(=NC(=O)c2ccc(F)cc2)sc2cc3c(cc21)OCO3. The minimum Gasteiger partial charge on any atom is -0.466 e. The molecule has 0 radical (unpaired) electrons. The highest BCUT2D eigenvalue weighted by Gasteiger charge is 2.18. The number of hydrogen-bond donors (Lipinski definition) is 0. The first-order chi connectivity index (χ1) is 14.0. The highest BCUT2D eigenvalue weighted by atomic mass is 32.1. The van der Waals surface area contributed by atoms with E-state index in [0.717, 1.165) is 10.2 Å². The van der Waals surface area contributed by atoms with E-state index in [0.29, 0.717) is 22.9 Å². The Morgan fingerprint density at radius 1 is 1.21 bits per heavy atom. The van der Waals surface area contributed by atoms with Gasteiger partial charge >= 0.3 is 5.97 Å². The van der Waals surface area contributed by atoms with Crippen molar-refractivity contribution < 1.29 is 28.2 Å². The lowest BCUT2D eigenvalue weighted by Crippen LogP contribution is -2.19. The van der Waals surface area contributed by atoms with Gasteiger partial charge in [-0.1, -0.05) is 11.3 Å². The Labute approximate surface area is 169 Å². The zero-order valence-corrected chi connectivity index (χ0v) is 16.3. The molecule has 29 heavy (non-hydrogen) atoms. The molecule has 0 spiro atoms. The number of rotatable bonds is 5. The number of esters is 1. The van der Waals surface area contributed by atoms with Crippen molar-refractivity contribution in [2.75, 3.05) is 13.4 Å². The summed E-state index contributed by atoms with van der Waals surface area (Å²) >= 11 is 1.29. The Kier molecular flexibility index (Phi) is 5.30. The van der Waals surface area contributed by atoms with Gasteiger partial charge in [0.2, 0.25) is 6.79 Å². The van der Waals surface area contributed by atoms with Crippen molar-refractivity contribution >= 4 is 33.4 Å². The quantitative estimate of drug-likeness (QED) is 0.597.